The molecule has 0 aliphatic carbocycles. The van der Waals surface area contributed by atoms with E-state index in [1.54, 1.807) is 24.3 Å². The lowest BCUT2D eigenvalue weighted by atomic mass is 10.2. The van der Waals surface area contributed by atoms with Gasteiger partial charge in [-0.05, 0) is 29.8 Å². The van der Waals surface area contributed by atoms with Gasteiger partial charge in [0, 0.05) is 16.3 Å². The van der Waals surface area contributed by atoms with Gasteiger partial charge in [-0.15, -0.1) is 0 Å². The van der Waals surface area contributed by atoms with Crippen molar-refractivity contribution in [1.82, 2.24) is 0 Å². The van der Waals surface area contributed by atoms with E-state index in [0.717, 1.165) is 10.5 Å². The van der Waals surface area contributed by atoms with E-state index in [4.69, 9.17) is 21.1 Å². The third-order valence-electron chi connectivity index (χ3n) is 3.56. The molecule has 0 amide bonds. The van der Waals surface area contributed by atoms with Crippen LogP contribution in [-0.4, -0.2) is 16.9 Å². The largest absolute Gasteiger partial charge is 0.457 e. The number of carbonyl (C=O) groups is 2. The summed E-state index contributed by atoms with van der Waals surface area (Å²) >= 11 is 7.06. The van der Waals surface area contributed by atoms with Gasteiger partial charge in [0.05, 0.1) is 6.42 Å². The minimum absolute atomic E-state index is 0.139. The van der Waals surface area contributed by atoms with Crippen molar-refractivity contribution in [3.05, 3.63) is 65.2 Å². The van der Waals surface area contributed by atoms with Crippen LogP contribution in [0.5, 0.6) is 0 Å². The van der Waals surface area contributed by atoms with E-state index >= 15 is 0 Å². The van der Waals surface area contributed by atoms with Crippen LogP contribution in [0.4, 0.5) is 0 Å². The summed E-state index contributed by atoms with van der Waals surface area (Å²) in [6, 6.07) is 16.4. The van der Waals surface area contributed by atoms with Gasteiger partial charge in [-0.1, -0.05) is 53.7 Å². The van der Waals surface area contributed by atoms with Crippen LogP contribution in [0, 0.1) is 0 Å². The zero-order chi connectivity index (χ0) is 17.0. The number of rotatable bonds is 5. The average Bonchev–Trinajstić information content (AvgIpc) is 2.98. The lowest BCUT2D eigenvalue weighted by molar-refractivity contribution is -0.165. The number of halogens is 1. The Morgan fingerprint density at radius 3 is 2.50 bits per heavy atom. The van der Waals surface area contributed by atoms with Crippen molar-refractivity contribution in [2.24, 2.45) is 0 Å². The molecule has 1 unspecified atom stereocenters. The van der Waals surface area contributed by atoms with Gasteiger partial charge in [0.25, 0.3) is 4.93 Å². The summed E-state index contributed by atoms with van der Waals surface area (Å²) in [5.74, 6) is -0.940. The summed E-state index contributed by atoms with van der Waals surface area (Å²) in [6.07, 6.45) is 0.480. The molecule has 3 rings (SSSR count). The number of benzene rings is 2. The van der Waals surface area contributed by atoms with Crippen LogP contribution < -0.4 is 0 Å². The lowest BCUT2D eigenvalue weighted by Gasteiger charge is -2.24. The first-order valence-corrected chi connectivity index (χ1v) is 8.64. The van der Waals surface area contributed by atoms with Crippen molar-refractivity contribution < 1.29 is 19.1 Å². The molecule has 0 spiro atoms. The zero-order valence-corrected chi connectivity index (χ0v) is 14.3. The van der Waals surface area contributed by atoms with E-state index in [9.17, 15) is 9.59 Å². The molecule has 6 heteroatoms. The highest BCUT2D eigenvalue weighted by Crippen LogP contribution is 2.43. The minimum atomic E-state index is -1.33. The van der Waals surface area contributed by atoms with Crippen LogP contribution in [0.15, 0.2) is 59.5 Å². The first kappa shape index (κ1) is 16.9. The van der Waals surface area contributed by atoms with Gasteiger partial charge in [0.2, 0.25) is 0 Å². The van der Waals surface area contributed by atoms with Gasteiger partial charge in [0.15, 0.2) is 0 Å². The molecule has 1 fully saturated rings. The fourth-order valence-corrected chi connectivity index (χ4v) is 3.60. The van der Waals surface area contributed by atoms with Crippen LogP contribution in [-0.2, 0) is 25.7 Å². The fraction of sp³-hybridized carbons (Fsp3) is 0.222. The molecule has 1 aliphatic heterocycles. The summed E-state index contributed by atoms with van der Waals surface area (Å²) in [6.45, 7) is 0.139. The number of hydrogen-bond acceptors (Lipinski definition) is 5. The van der Waals surface area contributed by atoms with Crippen LogP contribution >= 0.6 is 23.4 Å². The van der Waals surface area contributed by atoms with Crippen LogP contribution in [0.2, 0.25) is 5.02 Å². The Balaban J connectivity index is 1.74. The van der Waals surface area contributed by atoms with E-state index in [2.05, 4.69) is 0 Å². The van der Waals surface area contributed by atoms with E-state index in [-0.39, 0.29) is 19.4 Å². The number of thioether (sulfide) groups is 1. The van der Waals surface area contributed by atoms with E-state index in [1.807, 2.05) is 30.3 Å². The topological polar surface area (TPSA) is 52.6 Å². The van der Waals surface area contributed by atoms with Crippen molar-refractivity contribution in [3.8, 4) is 0 Å². The predicted octanol–water partition coefficient (Wildman–Crippen LogP) is 4.21. The molecular formula is C18H15ClO4S. The third-order valence-corrected chi connectivity index (χ3v) is 5.10. The molecule has 1 saturated heterocycles. The molecule has 0 radical (unpaired) electrons. The third kappa shape index (κ3) is 3.91. The highest BCUT2D eigenvalue weighted by atomic mass is 35.5. The Morgan fingerprint density at radius 2 is 1.88 bits per heavy atom. The summed E-state index contributed by atoms with van der Waals surface area (Å²) < 4.78 is 10.7. The molecule has 2 aromatic rings. The first-order chi connectivity index (χ1) is 11.6. The summed E-state index contributed by atoms with van der Waals surface area (Å²) in [4.78, 5) is 23.7. The molecule has 0 N–H and O–H groups in total. The van der Waals surface area contributed by atoms with Crippen molar-refractivity contribution in [3.63, 3.8) is 0 Å². The smallest absolute Gasteiger partial charge is 0.362 e. The number of carbonyl (C=O) groups excluding carboxylic acids is 2. The second-order valence-corrected chi connectivity index (χ2v) is 7.12. The zero-order valence-electron chi connectivity index (χ0n) is 12.7. The second kappa shape index (κ2) is 7.28. The maximum atomic E-state index is 12.6. The van der Waals surface area contributed by atoms with E-state index in [1.165, 1.54) is 11.8 Å². The van der Waals surface area contributed by atoms with Gasteiger partial charge in [-0.25, -0.2) is 4.79 Å². The SMILES string of the molecule is O=C1CCC(Sc2ccc(Cl)cc2)(C(=O)OCc2ccccc2)O1. The molecule has 4 nitrogen and oxygen atoms in total. The van der Waals surface area contributed by atoms with Crippen LogP contribution in [0.1, 0.15) is 18.4 Å². The van der Waals surface area contributed by atoms with Gasteiger partial charge in [-0.2, -0.15) is 0 Å². The average molecular weight is 363 g/mol. The Labute approximate surface area is 149 Å². The summed E-state index contributed by atoms with van der Waals surface area (Å²) in [5, 5.41) is 0.600. The molecule has 124 valence electrons. The molecule has 24 heavy (non-hydrogen) atoms. The summed E-state index contributed by atoms with van der Waals surface area (Å²) in [5.41, 5.74) is 0.877. The second-order valence-electron chi connectivity index (χ2n) is 5.34. The van der Waals surface area contributed by atoms with Gasteiger partial charge < -0.3 is 9.47 Å². The predicted molar refractivity (Wildman–Crippen MR) is 91.6 cm³/mol. The molecule has 0 bridgehead atoms. The van der Waals surface area contributed by atoms with Crippen LogP contribution in [0.3, 0.4) is 0 Å². The number of ether oxygens (including phenoxy) is 2. The molecule has 1 heterocycles. The maximum absolute atomic E-state index is 12.6. The van der Waals surface area contributed by atoms with Gasteiger partial charge in [-0.3, -0.25) is 4.79 Å². The van der Waals surface area contributed by atoms with Crippen LogP contribution in [0.25, 0.3) is 0 Å². The lowest BCUT2D eigenvalue weighted by Crippen LogP contribution is -2.36. The Kier molecular flexibility index (Phi) is 5.11. The normalized spacial score (nSPS) is 19.8. The van der Waals surface area contributed by atoms with Gasteiger partial charge >= 0.3 is 11.9 Å². The van der Waals surface area contributed by atoms with Crippen molar-refractivity contribution in [2.45, 2.75) is 29.3 Å². The standard InChI is InChI=1S/C18H15ClO4S/c19-14-6-8-15(9-7-14)24-18(11-10-16(20)23-18)17(21)22-12-13-4-2-1-3-5-13/h1-9H,10-12H2. The monoisotopic (exact) mass is 362 g/mol. The first-order valence-electron chi connectivity index (χ1n) is 7.45. The summed E-state index contributed by atoms with van der Waals surface area (Å²) in [7, 11) is 0. The molecular weight excluding hydrogens is 348 g/mol. The Hall–Kier alpha value is -1.98. The number of cyclic esters (lactones) is 1. The molecule has 0 saturated carbocycles. The highest BCUT2D eigenvalue weighted by Gasteiger charge is 2.50. The van der Waals surface area contributed by atoms with E-state index < -0.39 is 16.9 Å². The van der Waals surface area contributed by atoms with Crippen molar-refractivity contribution in [1.29, 1.82) is 0 Å². The molecule has 0 aromatic heterocycles. The Morgan fingerprint density at radius 1 is 1.17 bits per heavy atom. The Bertz CT molecular complexity index is 732. The molecule has 1 atom stereocenters. The van der Waals surface area contributed by atoms with E-state index in [0.29, 0.717) is 5.02 Å². The number of esters is 2. The quantitative estimate of drug-likeness (QED) is 0.746. The number of hydrogen-bond donors (Lipinski definition) is 0. The fourth-order valence-electron chi connectivity index (χ4n) is 2.34. The molecule has 2 aromatic carbocycles. The molecule has 1 aliphatic rings. The van der Waals surface area contributed by atoms with Crippen molar-refractivity contribution >= 4 is 35.3 Å². The highest BCUT2D eigenvalue weighted by molar-refractivity contribution is 8.01. The maximum Gasteiger partial charge on any atom is 0.362 e. The minimum Gasteiger partial charge on any atom is -0.457 e. The van der Waals surface area contributed by atoms with Crippen molar-refractivity contribution in [2.75, 3.05) is 0 Å². The van der Waals surface area contributed by atoms with Gasteiger partial charge in [0.1, 0.15) is 6.61 Å².